The maximum atomic E-state index is 13.5. The Hall–Kier alpha value is -2.87. The zero-order valence-electron chi connectivity index (χ0n) is 20.8. The van der Waals surface area contributed by atoms with Crippen molar-refractivity contribution in [3.8, 4) is 10.4 Å². The number of anilines is 1. The first-order valence-electron chi connectivity index (χ1n) is 11.4. The van der Waals surface area contributed by atoms with Crippen molar-refractivity contribution < 1.29 is 36.6 Å². The maximum absolute atomic E-state index is 13.5. The predicted molar refractivity (Wildman–Crippen MR) is 130 cm³/mol. The van der Waals surface area contributed by atoms with E-state index in [1.165, 1.54) is 33.6 Å². The van der Waals surface area contributed by atoms with Crippen LogP contribution in [-0.2, 0) is 4.79 Å². The van der Waals surface area contributed by atoms with Crippen LogP contribution >= 0.6 is 11.3 Å². The molecule has 2 amide bonds. The third-order valence-corrected chi connectivity index (χ3v) is 6.49. The molecule has 1 saturated heterocycles. The number of carbonyl (C=O) groups excluding carboxylic acids is 2. The Bertz CT molecular complexity index is 1070. The fraction of sp³-hybridized carbons (Fsp3) is 0.565. The van der Waals surface area contributed by atoms with Crippen molar-refractivity contribution >= 4 is 29.5 Å². The number of alkyl halides is 5. The Kier molecular flexibility index (Phi) is 10.3. The van der Waals surface area contributed by atoms with Crippen LogP contribution in [0.2, 0.25) is 0 Å². The highest BCUT2D eigenvalue weighted by Gasteiger charge is 2.28. The molecular formula is C23H30F5N5O3S. The predicted octanol–water partition coefficient (Wildman–Crippen LogP) is 4.55. The van der Waals surface area contributed by atoms with E-state index in [-0.39, 0.29) is 27.8 Å². The minimum Gasteiger partial charge on any atom is -0.389 e. The Morgan fingerprint density at radius 2 is 2.00 bits per heavy atom. The highest BCUT2D eigenvalue weighted by atomic mass is 32.1. The molecule has 3 N–H and O–H groups in total. The standard InChI is InChI=1S/C17H19F5N4O2S.C6H11NO/c1-8-12(29-15(26-8)14(27)25-6-16(2,3)28)10-5-23-11(4-9(10)13(18)19)24-7-17(20,21)22;1-6-3-2-4-7(6)5-8/h4-5,13,28H,6-7H2,1-3H3,(H,23,24)(H,25,27);5-6H,2-4H2,1H3. The van der Waals surface area contributed by atoms with Crippen molar-refractivity contribution in [1.82, 2.24) is 20.2 Å². The molecule has 1 aliphatic heterocycles. The van der Waals surface area contributed by atoms with Crippen molar-refractivity contribution in [2.24, 2.45) is 0 Å². The van der Waals surface area contributed by atoms with Crippen molar-refractivity contribution in [3.63, 3.8) is 0 Å². The lowest BCUT2D eigenvalue weighted by Crippen LogP contribution is -2.38. The number of hydrogen-bond donors (Lipinski definition) is 3. The van der Waals surface area contributed by atoms with Crippen LogP contribution in [0.3, 0.4) is 0 Å². The van der Waals surface area contributed by atoms with Crippen LogP contribution in [0.5, 0.6) is 0 Å². The monoisotopic (exact) mass is 551 g/mol. The zero-order chi connectivity index (χ0) is 28.0. The van der Waals surface area contributed by atoms with Crippen molar-refractivity contribution in [2.45, 2.75) is 64.8 Å². The number of likely N-dealkylation sites (tertiary alicyclic amines) is 1. The van der Waals surface area contributed by atoms with E-state index in [0.29, 0.717) is 11.7 Å². The number of amides is 2. The summed E-state index contributed by atoms with van der Waals surface area (Å²) in [6, 6.07) is 1.34. The molecule has 3 heterocycles. The van der Waals surface area contributed by atoms with Crippen LogP contribution in [0.15, 0.2) is 12.3 Å². The number of hydrogen-bond acceptors (Lipinski definition) is 7. The van der Waals surface area contributed by atoms with E-state index in [4.69, 9.17) is 0 Å². The summed E-state index contributed by atoms with van der Waals surface area (Å²) in [6.45, 7) is 6.12. The average molecular weight is 552 g/mol. The average Bonchev–Trinajstić information content (AvgIpc) is 3.40. The molecule has 1 atom stereocenters. The van der Waals surface area contributed by atoms with Crippen molar-refractivity contribution in [2.75, 3.05) is 25.0 Å². The summed E-state index contributed by atoms with van der Waals surface area (Å²) in [7, 11) is 0. The third-order valence-electron chi connectivity index (χ3n) is 5.30. The summed E-state index contributed by atoms with van der Waals surface area (Å²) in [5, 5.41) is 14.1. The number of carbonyl (C=O) groups is 2. The molecule has 1 unspecified atom stereocenters. The SMILES string of the molecule is CC1CCCN1C=O.Cc1nc(C(=O)NCC(C)(C)O)sc1-c1cnc(NCC(F)(F)F)cc1C(F)F. The number of aromatic nitrogens is 2. The number of rotatable bonds is 8. The number of pyridine rings is 1. The molecule has 2 aromatic heterocycles. The lowest BCUT2D eigenvalue weighted by atomic mass is 10.1. The van der Waals surface area contributed by atoms with Crippen molar-refractivity contribution in [3.05, 3.63) is 28.5 Å². The maximum Gasteiger partial charge on any atom is 0.405 e. The number of nitrogens with one attached hydrogen (secondary N) is 2. The second-order valence-electron chi connectivity index (χ2n) is 9.19. The molecule has 0 bridgehead atoms. The van der Waals surface area contributed by atoms with Crippen LogP contribution in [0.4, 0.5) is 27.8 Å². The fourth-order valence-electron chi connectivity index (χ4n) is 3.36. The summed E-state index contributed by atoms with van der Waals surface area (Å²) in [5.74, 6) is -0.923. The molecule has 0 saturated carbocycles. The quantitative estimate of drug-likeness (QED) is 0.328. The van der Waals surface area contributed by atoms with Crippen LogP contribution in [0.25, 0.3) is 10.4 Å². The number of aliphatic hydroxyl groups is 1. The molecule has 8 nitrogen and oxygen atoms in total. The number of halogens is 5. The van der Waals surface area contributed by atoms with Gasteiger partial charge in [0.05, 0.1) is 16.2 Å². The molecule has 1 fully saturated rings. The van der Waals surface area contributed by atoms with Crippen LogP contribution < -0.4 is 10.6 Å². The first-order chi connectivity index (χ1) is 17.1. The topological polar surface area (TPSA) is 107 Å². The molecule has 2 aromatic rings. The van der Waals surface area contributed by atoms with Gasteiger partial charge in [-0.3, -0.25) is 9.59 Å². The third kappa shape index (κ3) is 9.50. The van der Waals surface area contributed by atoms with E-state index < -0.39 is 36.2 Å². The number of nitrogens with zero attached hydrogens (tertiary/aromatic N) is 3. The fourth-order valence-corrected chi connectivity index (χ4v) is 4.37. The van der Waals surface area contributed by atoms with Crippen LogP contribution in [0.1, 0.15) is 61.1 Å². The van der Waals surface area contributed by atoms with Gasteiger partial charge in [-0.05, 0) is 46.6 Å². The van der Waals surface area contributed by atoms with Crippen LogP contribution in [-0.4, -0.2) is 69.7 Å². The largest absolute Gasteiger partial charge is 0.405 e. The van der Waals surface area contributed by atoms with Gasteiger partial charge in [0.15, 0.2) is 5.01 Å². The van der Waals surface area contributed by atoms with Crippen LogP contribution in [0, 0.1) is 6.92 Å². The lowest BCUT2D eigenvalue weighted by molar-refractivity contribution is -0.118. The molecule has 0 aliphatic carbocycles. The molecular weight excluding hydrogens is 521 g/mol. The Morgan fingerprint density at radius 1 is 1.32 bits per heavy atom. The first kappa shape index (κ1) is 30.4. The summed E-state index contributed by atoms with van der Waals surface area (Å²) in [4.78, 5) is 32.3. The minimum atomic E-state index is -4.52. The smallest absolute Gasteiger partial charge is 0.389 e. The zero-order valence-corrected chi connectivity index (χ0v) is 21.6. The van der Waals surface area contributed by atoms with E-state index in [1.54, 1.807) is 0 Å². The van der Waals surface area contributed by atoms with Gasteiger partial charge in [0, 0.05) is 36.5 Å². The lowest BCUT2D eigenvalue weighted by Gasteiger charge is -2.16. The normalized spacial score (nSPS) is 15.9. The Morgan fingerprint density at radius 3 is 2.49 bits per heavy atom. The van der Waals surface area contributed by atoms with E-state index in [9.17, 15) is 36.6 Å². The van der Waals surface area contributed by atoms with Gasteiger partial charge in [-0.25, -0.2) is 18.7 Å². The number of thiazole rings is 1. The highest BCUT2D eigenvalue weighted by molar-refractivity contribution is 7.17. The second-order valence-corrected chi connectivity index (χ2v) is 10.2. The van der Waals surface area contributed by atoms with Gasteiger partial charge in [-0.15, -0.1) is 11.3 Å². The summed E-state index contributed by atoms with van der Waals surface area (Å²) in [6.07, 6.45) is -3.17. The van der Waals surface area contributed by atoms with E-state index >= 15 is 0 Å². The highest BCUT2D eigenvalue weighted by Crippen LogP contribution is 2.37. The molecule has 1 aliphatic rings. The van der Waals surface area contributed by atoms with E-state index in [0.717, 1.165) is 36.6 Å². The summed E-state index contributed by atoms with van der Waals surface area (Å²) >= 11 is 0.848. The van der Waals surface area contributed by atoms with Gasteiger partial charge in [0.2, 0.25) is 6.41 Å². The Balaban J connectivity index is 0.000000510. The molecule has 0 aromatic carbocycles. The van der Waals surface area contributed by atoms with Crippen molar-refractivity contribution in [1.29, 1.82) is 0 Å². The van der Waals surface area contributed by atoms with E-state index in [2.05, 4.69) is 22.2 Å². The van der Waals surface area contributed by atoms with Gasteiger partial charge in [0.1, 0.15) is 12.4 Å². The number of aryl methyl sites for hydroxylation is 1. The molecule has 0 spiro atoms. The molecule has 14 heteroatoms. The molecule has 3 rings (SSSR count). The Labute approximate surface area is 215 Å². The molecule has 37 heavy (non-hydrogen) atoms. The van der Waals surface area contributed by atoms with Gasteiger partial charge in [-0.1, -0.05) is 0 Å². The molecule has 0 radical (unpaired) electrons. The van der Waals surface area contributed by atoms with Gasteiger partial charge < -0.3 is 20.6 Å². The van der Waals surface area contributed by atoms with Gasteiger partial charge in [-0.2, -0.15) is 13.2 Å². The summed E-state index contributed by atoms with van der Waals surface area (Å²) in [5.41, 5.74) is -1.39. The first-order valence-corrected chi connectivity index (χ1v) is 12.2. The van der Waals surface area contributed by atoms with Gasteiger partial charge >= 0.3 is 6.18 Å². The molecule has 206 valence electrons. The summed E-state index contributed by atoms with van der Waals surface area (Å²) < 4.78 is 64.0. The second kappa shape index (κ2) is 12.6. The van der Waals surface area contributed by atoms with Gasteiger partial charge in [0.25, 0.3) is 12.3 Å². The van der Waals surface area contributed by atoms with E-state index in [1.807, 2.05) is 10.2 Å². The minimum absolute atomic E-state index is 0.00115.